The van der Waals surface area contributed by atoms with Gasteiger partial charge < -0.3 is 4.84 Å². The van der Waals surface area contributed by atoms with Crippen molar-refractivity contribution in [1.29, 1.82) is 0 Å². The van der Waals surface area contributed by atoms with Gasteiger partial charge in [-0.3, -0.25) is 4.84 Å². The lowest BCUT2D eigenvalue weighted by Gasteiger charge is -2.23. The highest BCUT2D eigenvalue weighted by molar-refractivity contribution is 6.33. The second-order valence-corrected chi connectivity index (χ2v) is 5.95. The quantitative estimate of drug-likeness (QED) is 0.278. The Kier molecular flexibility index (Phi) is 7.87. The van der Waals surface area contributed by atoms with E-state index in [1.54, 1.807) is 6.07 Å². The van der Waals surface area contributed by atoms with Gasteiger partial charge in [-0.15, -0.1) is 0 Å². The number of benzene rings is 2. The van der Waals surface area contributed by atoms with Crippen LogP contribution in [-0.2, 0) is 26.1 Å². The highest BCUT2D eigenvalue weighted by Gasteiger charge is 2.16. The molecule has 0 bridgehead atoms. The van der Waals surface area contributed by atoms with Crippen LogP contribution >= 0.6 is 11.6 Å². The number of hydrogen-bond acceptors (Lipinski definition) is 6. The summed E-state index contributed by atoms with van der Waals surface area (Å²) in [6.45, 7) is 4.22. The molecule has 0 saturated heterocycles. The Labute approximate surface area is 158 Å². The number of nitrogens with zero attached hydrogens (tertiary/aromatic N) is 2. The first-order valence-corrected chi connectivity index (χ1v) is 8.42. The Bertz CT molecular complexity index is 735. The molecule has 26 heavy (non-hydrogen) atoms. The lowest BCUT2D eigenvalue weighted by Crippen LogP contribution is -2.26. The summed E-state index contributed by atoms with van der Waals surface area (Å²) in [6.07, 6.45) is 0. The van der Waals surface area contributed by atoms with Gasteiger partial charge in [-0.05, 0) is 25.5 Å². The molecule has 0 aliphatic rings. The minimum absolute atomic E-state index is 0.0510. The molecule has 140 valence electrons. The third-order valence-electron chi connectivity index (χ3n) is 3.72. The van der Waals surface area contributed by atoms with Gasteiger partial charge in [0.15, 0.2) is 6.73 Å². The molecular weight excluding hydrogens is 356 g/mol. The molecule has 0 saturated carbocycles. The third-order valence-corrected chi connectivity index (χ3v) is 4.02. The fraction of sp³-hybridized carbons (Fsp3) is 0.316. The fourth-order valence-corrected chi connectivity index (χ4v) is 2.60. The molecule has 0 N–H and O–H groups in total. The summed E-state index contributed by atoms with van der Waals surface area (Å²) in [4.78, 5) is 20.4. The van der Waals surface area contributed by atoms with E-state index >= 15 is 0 Å². The molecule has 0 aliphatic carbocycles. The number of aryl methyl sites for hydroxylation is 1. The predicted octanol–water partition coefficient (Wildman–Crippen LogP) is 4.49. The normalized spacial score (nSPS) is 11.5. The molecule has 2 aromatic carbocycles. The van der Waals surface area contributed by atoms with Crippen molar-refractivity contribution in [3.05, 3.63) is 64.2 Å². The summed E-state index contributed by atoms with van der Waals surface area (Å²) >= 11 is 6.32. The summed E-state index contributed by atoms with van der Waals surface area (Å²) in [6, 6.07) is 13.6. The van der Waals surface area contributed by atoms with Crippen molar-refractivity contribution >= 4 is 23.0 Å². The van der Waals surface area contributed by atoms with E-state index in [9.17, 15) is 0 Å². The van der Waals surface area contributed by atoms with Gasteiger partial charge in [-0.1, -0.05) is 58.7 Å². The maximum atomic E-state index is 6.32. The number of para-hydroxylation sites is 1. The van der Waals surface area contributed by atoms with Gasteiger partial charge in [-0.2, -0.15) is 0 Å². The van der Waals surface area contributed by atoms with Crippen molar-refractivity contribution in [2.75, 3.05) is 26.0 Å². The summed E-state index contributed by atoms with van der Waals surface area (Å²) in [5, 5.41) is 6.18. The van der Waals surface area contributed by atoms with E-state index in [1.165, 1.54) is 24.8 Å². The van der Waals surface area contributed by atoms with Crippen molar-refractivity contribution < 1.29 is 19.5 Å². The van der Waals surface area contributed by atoms with Crippen LogP contribution in [0.15, 0.2) is 47.6 Å². The highest BCUT2D eigenvalue weighted by Crippen LogP contribution is 2.30. The Balaban J connectivity index is 2.12. The number of hydroxylamine groups is 1. The Morgan fingerprint density at radius 2 is 1.85 bits per heavy atom. The van der Waals surface area contributed by atoms with E-state index in [-0.39, 0.29) is 13.3 Å². The van der Waals surface area contributed by atoms with E-state index in [4.69, 9.17) is 26.2 Å². The SMILES string of the molecule is COOCN(OC)c1c(Cl)cccc1CON=C(C)c1ccc(C)cc1. The average molecular weight is 379 g/mol. The standard InChI is InChI=1S/C19H23ClN2O4/c1-14-8-10-16(11-9-14)15(2)21-25-12-17-6-5-7-18(20)19(17)22(23-3)13-26-24-4/h5-11H,12-13H2,1-4H3. The average Bonchev–Trinajstić information content (AvgIpc) is 2.64. The van der Waals surface area contributed by atoms with E-state index in [2.05, 4.69) is 10.0 Å². The van der Waals surface area contributed by atoms with Gasteiger partial charge in [0.2, 0.25) is 0 Å². The molecule has 7 heteroatoms. The van der Waals surface area contributed by atoms with Crippen molar-refractivity contribution in [3.8, 4) is 0 Å². The van der Waals surface area contributed by atoms with Crippen molar-refractivity contribution in [3.63, 3.8) is 0 Å². The molecular formula is C19H23ClN2O4. The van der Waals surface area contributed by atoms with Gasteiger partial charge in [0, 0.05) is 5.56 Å². The second kappa shape index (κ2) is 10.1. The fourth-order valence-electron chi connectivity index (χ4n) is 2.31. The first kappa shape index (κ1) is 20.2. The number of rotatable bonds is 9. The van der Waals surface area contributed by atoms with Gasteiger partial charge in [-0.25, -0.2) is 14.8 Å². The smallest absolute Gasteiger partial charge is 0.178 e. The zero-order chi connectivity index (χ0) is 18.9. The van der Waals surface area contributed by atoms with Crippen LogP contribution in [-0.4, -0.2) is 26.7 Å². The van der Waals surface area contributed by atoms with Crippen LogP contribution in [0, 0.1) is 6.92 Å². The highest BCUT2D eigenvalue weighted by atomic mass is 35.5. The maximum absolute atomic E-state index is 6.32. The number of halogens is 1. The lowest BCUT2D eigenvalue weighted by molar-refractivity contribution is -0.280. The molecule has 0 amide bonds. The zero-order valence-electron chi connectivity index (χ0n) is 15.4. The van der Waals surface area contributed by atoms with Crippen LogP contribution in [0.3, 0.4) is 0 Å². The monoisotopic (exact) mass is 378 g/mol. The van der Waals surface area contributed by atoms with Crippen LogP contribution in [0.25, 0.3) is 0 Å². The van der Waals surface area contributed by atoms with Gasteiger partial charge in [0.25, 0.3) is 0 Å². The number of oxime groups is 1. The number of hydrogen-bond donors (Lipinski definition) is 0. The predicted molar refractivity (Wildman–Crippen MR) is 102 cm³/mol. The minimum atomic E-state index is 0.0510. The zero-order valence-corrected chi connectivity index (χ0v) is 16.1. The molecule has 0 unspecified atom stereocenters. The van der Waals surface area contributed by atoms with E-state index in [0.29, 0.717) is 10.7 Å². The van der Waals surface area contributed by atoms with Crippen molar-refractivity contribution in [1.82, 2.24) is 0 Å². The van der Waals surface area contributed by atoms with Gasteiger partial charge >= 0.3 is 0 Å². The van der Waals surface area contributed by atoms with E-state index in [1.807, 2.05) is 50.2 Å². The van der Waals surface area contributed by atoms with Crippen molar-refractivity contribution in [2.45, 2.75) is 20.5 Å². The van der Waals surface area contributed by atoms with Crippen LogP contribution in [0.4, 0.5) is 5.69 Å². The summed E-state index contributed by atoms with van der Waals surface area (Å²) in [5.41, 5.74) is 4.44. The molecule has 0 radical (unpaired) electrons. The van der Waals surface area contributed by atoms with Crippen LogP contribution in [0.1, 0.15) is 23.6 Å². The van der Waals surface area contributed by atoms with Gasteiger partial charge in [0.05, 0.1) is 30.6 Å². The molecule has 0 fully saturated rings. The van der Waals surface area contributed by atoms with Gasteiger partial charge in [0.1, 0.15) is 6.61 Å². The third kappa shape index (κ3) is 5.44. The van der Waals surface area contributed by atoms with E-state index < -0.39 is 0 Å². The minimum Gasteiger partial charge on any atom is -0.391 e. The molecule has 2 rings (SSSR count). The molecule has 0 spiro atoms. The molecule has 0 heterocycles. The van der Waals surface area contributed by atoms with Crippen LogP contribution in [0.5, 0.6) is 0 Å². The largest absolute Gasteiger partial charge is 0.391 e. The molecule has 2 aromatic rings. The molecule has 0 aromatic heterocycles. The Morgan fingerprint density at radius 1 is 1.12 bits per heavy atom. The second-order valence-electron chi connectivity index (χ2n) is 5.54. The topological polar surface area (TPSA) is 52.5 Å². The Morgan fingerprint density at radius 3 is 2.50 bits per heavy atom. The first-order valence-electron chi connectivity index (χ1n) is 8.05. The summed E-state index contributed by atoms with van der Waals surface area (Å²) in [5.74, 6) is 0. The molecule has 0 atom stereocenters. The Hall–Kier alpha value is -2.12. The summed E-state index contributed by atoms with van der Waals surface area (Å²) < 4.78 is 0. The van der Waals surface area contributed by atoms with E-state index in [0.717, 1.165) is 16.8 Å². The summed E-state index contributed by atoms with van der Waals surface area (Å²) in [7, 11) is 2.94. The first-order chi connectivity index (χ1) is 12.6. The maximum Gasteiger partial charge on any atom is 0.178 e. The van der Waals surface area contributed by atoms with Crippen LogP contribution < -0.4 is 5.06 Å². The van der Waals surface area contributed by atoms with Crippen molar-refractivity contribution in [2.24, 2.45) is 5.16 Å². The lowest BCUT2D eigenvalue weighted by atomic mass is 10.1. The number of anilines is 1. The molecule has 0 aliphatic heterocycles. The van der Waals surface area contributed by atoms with Crippen LogP contribution in [0.2, 0.25) is 5.02 Å². The molecule has 6 nitrogen and oxygen atoms in total.